The molecule has 2 aliphatic rings. The molecule has 1 saturated carbocycles. The summed E-state index contributed by atoms with van der Waals surface area (Å²) in [7, 11) is 0. The molecule has 5 N–H and O–H groups in total. The summed E-state index contributed by atoms with van der Waals surface area (Å²) >= 11 is 0. The van der Waals surface area contributed by atoms with Crippen LogP contribution in [0.5, 0.6) is 0 Å². The zero-order chi connectivity index (χ0) is 15.7. The fraction of sp³-hybridized carbons (Fsp3) is 1.00. The Hall–Kier alpha value is -0.280. The van der Waals surface area contributed by atoms with Gasteiger partial charge in [-0.3, -0.25) is 0 Å². The van der Waals surface area contributed by atoms with Gasteiger partial charge in [-0.15, -0.1) is 0 Å². The monoisotopic (exact) mass is 306 g/mol. The van der Waals surface area contributed by atoms with Gasteiger partial charge in [-0.2, -0.15) is 0 Å². The van der Waals surface area contributed by atoms with E-state index in [9.17, 15) is 20.4 Å². The van der Waals surface area contributed by atoms with Crippen molar-refractivity contribution < 1.29 is 35.0 Å². The molecule has 2 fully saturated rings. The van der Waals surface area contributed by atoms with E-state index >= 15 is 0 Å². The first-order chi connectivity index (χ1) is 9.86. The Kier molecular flexibility index (Phi) is 5.59. The number of hydrogen-bond acceptors (Lipinski definition) is 7. The van der Waals surface area contributed by atoms with Gasteiger partial charge in [0, 0.05) is 5.92 Å². The molecule has 8 atom stereocenters. The molecule has 0 amide bonds. The van der Waals surface area contributed by atoms with Crippen molar-refractivity contribution >= 4 is 0 Å². The van der Waals surface area contributed by atoms with Gasteiger partial charge in [0.1, 0.15) is 24.4 Å². The SMILES string of the molecule is CC(C)C(O[C@@H]1OC(CO)[C@@H](O)C(O)C1O)C1CC[C@H]1O. The Labute approximate surface area is 124 Å². The molecule has 2 rings (SSSR count). The number of rotatable bonds is 5. The summed E-state index contributed by atoms with van der Waals surface area (Å²) in [5.74, 6) is 0.0645. The molecule has 0 bridgehead atoms. The zero-order valence-corrected chi connectivity index (χ0v) is 12.4. The van der Waals surface area contributed by atoms with Gasteiger partial charge < -0.3 is 35.0 Å². The van der Waals surface area contributed by atoms with Crippen LogP contribution in [-0.2, 0) is 9.47 Å². The summed E-state index contributed by atoms with van der Waals surface area (Å²) in [5, 5.41) is 48.4. The highest BCUT2D eigenvalue weighted by atomic mass is 16.7. The molecule has 21 heavy (non-hydrogen) atoms. The lowest BCUT2D eigenvalue weighted by atomic mass is 9.74. The highest BCUT2D eigenvalue weighted by molar-refractivity contribution is 4.92. The van der Waals surface area contributed by atoms with Crippen molar-refractivity contribution in [2.24, 2.45) is 11.8 Å². The molecule has 1 aliphatic heterocycles. The van der Waals surface area contributed by atoms with Gasteiger partial charge in [-0.25, -0.2) is 0 Å². The maximum Gasteiger partial charge on any atom is 0.186 e. The predicted octanol–water partition coefficient (Wildman–Crippen LogP) is -1.40. The molecule has 124 valence electrons. The van der Waals surface area contributed by atoms with E-state index in [4.69, 9.17) is 14.6 Å². The average molecular weight is 306 g/mol. The highest BCUT2D eigenvalue weighted by Gasteiger charge is 2.47. The molecule has 5 unspecified atom stereocenters. The summed E-state index contributed by atoms with van der Waals surface area (Å²) < 4.78 is 11.1. The van der Waals surface area contributed by atoms with Crippen molar-refractivity contribution in [1.29, 1.82) is 0 Å². The predicted molar refractivity (Wildman–Crippen MR) is 72.2 cm³/mol. The third-order valence-electron chi connectivity index (χ3n) is 4.51. The van der Waals surface area contributed by atoms with E-state index in [1.165, 1.54) is 0 Å². The maximum absolute atomic E-state index is 9.99. The number of aliphatic hydroxyl groups is 5. The standard InChI is InChI=1S/C14H26O7/c1-6(2)13(7-3-4-8(7)16)21-14-12(19)11(18)10(17)9(5-15)20-14/h6-19H,3-5H2,1-2H3/t7?,8-,9?,10-,11?,12?,13?,14+/m1/s1. The Balaban J connectivity index is 2.04. The molecule has 7 nitrogen and oxygen atoms in total. The zero-order valence-electron chi connectivity index (χ0n) is 12.4. The van der Waals surface area contributed by atoms with Crippen LogP contribution in [0.3, 0.4) is 0 Å². The normalized spacial score (nSPS) is 45.4. The van der Waals surface area contributed by atoms with Gasteiger partial charge in [0.2, 0.25) is 0 Å². The largest absolute Gasteiger partial charge is 0.394 e. The third kappa shape index (κ3) is 3.39. The summed E-state index contributed by atoms with van der Waals surface area (Å²) in [6.45, 7) is 3.41. The molecule has 0 radical (unpaired) electrons. The van der Waals surface area contributed by atoms with Gasteiger partial charge in [-0.05, 0) is 18.8 Å². The van der Waals surface area contributed by atoms with Gasteiger partial charge >= 0.3 is 0 Å². The first kappa shape index (κ1) is 17.1. The number of hydrogen-bond donors (Lipinski definition) is 5. The molecule has 1 aliphatic carbocycles. The van der Waals surface area contributed by atoms with E-state index in [2.05, 4.69) is 0 Å². The Morgan fingerprint density at radius 2 is 1.71 bits per heavy atom. The van der Waals surface area contributed by atoms with E-state index in [0.717, 1.165) is 12.8 Å². The van der Waals surface area contributed by atoms with Crippen LogP contribution in [0.1, 0.15) is 26.7 Å². The first-order valence-electron chi connectivity index (χ1n) is 7.50. The van der Waals surface area contributed by atoms with Crippen LogP contribution in [-0.4, -0.2) is 75.1 Å². The van der Waals surface area contributed by atoms with Crippen LogP contribution >= 0.6 is 0 Å². The lowest BCUT2D eigenvalue weighted by Gasteiger charge is -2.45. The van der Waals surface area contributed by atoms with Crippen molar-refractivity contribution in [2.75, 3.05) is 6.61 Å². The summed E-state index contributed by atoms with van der Waals surface area (Å²) in [4.78, 5) is 0. The van der Waals surface area contributed by atoms with E-state index < -0.39 is 43.4 Å². The third-order valence-corrected chi connectivity index (χ3v) is 4.51. The summed E-state index contributed by atoms with van der Waals surface area (Å²) in [6, 6.07) is 0. The topological polar surface area (TPSA) is 120 Å². The Morgan fingerprint density at radius 3 is 2.14 bits per heavy atom. The minimum absolute atomic E-state index is 0.0302. The Morgan fingerprint density at radius 1 is 1.05 bits per heavy atom. The summed E-state index contributed by atoms with van der Waals surface area (Å²) in [5.41, 5.74) is 0. The molecule has 0 aromatic heterocycles. The average Bonchev–Trinajstić information content (AvgIpc) is 2.44. The van der Waals surface area contributed by atoms with Crippen LogP contribution in [0.4, 0.5) is 0 Å². The molecule has 0 aromatic carbocycles. The van der Waals surface area contributed by atoms with Gasteiger partial charge in [-0.1, -0.05) is 13.8 Å². The van der Waals surface area contributed by atoms with Gasteiger partial charge in [0.25, 0.3) is 0 Å². The van der Waals surface area contributed by atoms with Crippen molar-refractivity contribution in [1.82, 2.24) is 0 Å². The second kappa shape index (κ2) is 6.87. The quantitative estimate of drug-likeness (QED) is 0.424. The van der Waals surface area contributed by atoms with Crippen molar-refractivity contribution in [3.63, 3.8) is 0 Å². The smallest absolute Gasteiger partial charge is 0.186 e. The van der Waals surface area contributed by atoms with Crippen LogP contribution in [0, 0.1) is 11.8 Å². The highest BCUT2D eigenvalue weighted by Crippen LogP contribution is 2.37. The van der Waals surface area contributed by atoms with Crippen molar-refractivity contribution in [2.45, 2.75) is 69.6 Å². The van der Waals surface area contributed by atoms with E-state index in [-0.39, 0.29) is 17.9 Å². The second-order valence-corrected chi connectivity index (χ2v) is 6.35. The molecular formula is C14H26O7. The van der Waals surface area contributed by atoms with Gasteiger partial charge in [0.15, 0.2) is 6.29 Å². The molecule has 1 heterocycles. The minimum Gasteiger partial charge on any atom is -0.394 e. The Bertz CT molecular complexity index is 335. The fourth-order valence-electron chi connectivity index (χ4n) is 2.98. The fourth-order valence-corrected chi connectivity index (χ4v) is 2.98. The minimum atomic E-state index is -1.44. The molecule has 0 aromatic rings. The molecule has 7 heteroatoms. The van der Waals surface area contributed by atoms with E-state index in [1.807, 2.05) is 13.8 Å². The van der Waals surface area contributed by atoms with E-state index in [1.54, 1.807) is 0 Å². The first-order valence-corrected chi connectivity index (χ1v) is 7.50. The van der Waals surface area contributed by atoms with Crippen LogP contribution in [0.2, 0.25) is 0 Å². The maximum atomic E-state index is 9.99. The molecule has 0 spiro atoms. The van der Waals surface area contributed by atoms with Crippen LogP contribution in [0.25, 0.3) is 0 Å². The second-order valence-electron chi connectivity index (χ2n) is 6.35. The number of ether oxygens (including phenoxy) is 2. The van der Waals surface area contributed by atoms with Gasteiger partial charge in [0.05, 0.1) is 18.8 Å². The number of aliphatic hydroxyl groups excluding tert-OH is 5. The lowest BCUT2D eigenvalue weighted by Crippen LogP contribution is -2.60. The molecular weight excluding hydrogens is 280 g/mol. The van der Waals surface area contributed by atoms with E-state index in [0.29, 0.717) is 0 Å². The van der Waals surface area contributed by atoms with Crippen LogP contribution < -0.4 is 0 Å². The van der Waals surface area contributed by atoms with Crippen molar-refractivity contribution in [3.05, 3.63) is 0 Å². The summed E-state index contributed by atoms with van der Waals surface area (Å²) in [6.07, 6.45) is -5.54. The lowest BCUT2D eigenvalue weighted by molar-refractivity contribution is -0.323. The van der Waals surface area contributed by atoms with Crippen molar-refractivity contribution in [3.8, 4) is 0 Å². The van der Waals surface area contributed by atoms with Crippen LogP contribution in [0.15, 0.2) is 0 Å². The molecule has 1 saturated heterocycles.